The summed E-state index contributed by atoms with van der Waals surface area (Å²) < 4.78 is 30.0. The summed E-state index contributed by atoms with van der Waals surface area (Å²) in [6.45, 7) is 0. The number of methoxy groups -OCH3 is 1. The van der Waals surface area contributed by atoms with E-state index in [-0.39, 0.29) is 17.9 Å². The Morgan fingerprint density at radius 2 is 2.35 bits per heavy atom. The number of ether oxygens (including phenoxy) is 1. The Morgan fingerprint density at radius 1 is 1.71 bits per heavy atom. The number of nitrogens with zero attached hydrogens (tertiary/aromatic N) is 3. The van der Waals surface area contributed by atoms with E-state index in [9.17, 15) is 18.9 Å². The summed E-state index contributed by atoms with van der Waals surface area (Å²) in [6.07, 6.45) is -3.30. The van der Waals surface area contributed by atoms with Gasteiger partial charge in [0, 0.05) is 6.07 Å². The number of aromatic nitrogens is 1. The fraction of sp³-hybridized carbons (Fsp3) is 0.333. The molecule has 0 aliphatic carbocycles. The lowest BCUT2D eigenvalue weighted by molar-refractivity contribution is -0.391. The molecule has 1 heterocycles. The van der Waals surface area contributed by atoms with Crippen molar-refractivity contribution >= 4 is 5.82 Å². The fourth-order valence-corrected chi connectivity index (χ4v) is 1.25. The molecule has 1 aromatic rings. The normalized spacial score (nSPS) is 10.1. The summed E-state index contributed by atoms with van der Waals surface area (Å²) in [5.74, 6) is -1.32. The lowest BCUT2D eigenvalue weighted by Gasteiger charge is -2.07. The molecule has 0 spiro atoms. The Balaban J connectivity index is 3.47. The molecule has 90 valence electrons. The molecule has 0 amide bonds. The molecule has 8 heteroatoms. The number of alkyl halides is 2. The SMILES string of the molecule is COc1cc(CC#N)nc([N+](=O)[O-])c1C(F)F. The van der Waals surface area contributed by atoms with Crippen molar-refractivity contribution < 1.29 is 18.4 Å². The van der Waals surface area contributed by atoms with Gasteiger partial charge in [0.15, 0.2) is 11.3 Å². The van der Waals surface area contributed by atoms with Gasteiger partial charge in [0.2, 0.25) is 0 Å². The van der Waals surface area contributed by atoms with Gasteiger partial charge in [0.05, 0.1) is 13.2 Å². The van der Waals surface area contributed by atoms with Crippen molar-refractivity contribution in [1.82, 2.24) is 4.98 Å². The lowest BCUT2D eigenvalue weighted by atomic mass is 10.2. The van der Waals surface area contributed by atoms with Crippen LogP contribution in [0, 0.1) is 21.4 Å². The van der Waals surface area contributed by atoms with Gasteiger partial charge in [-0.2, -0.15) is 5.26 Å². The summed E-state index contributed by atoms with van der Waals surface area (Å²) in [7, 11) is 1.11. The van der Waals surface area contributed by atoms with E-state index in [1.54, 1.807) is 6.07 Å². The number of hydrogen-bond acceptors (Lipinski definition) is 5. The summed E-state index contributed by atoms with van der Waals surface area (Å²) in [6, 6.07) is 2.82. The number of nitriles is 1. The molecule has 0 unspecified atom stereocenters. The highest BCUT2D eigenvalue weighted by Gasteiger charge is 2.29. The average Bonchev–Trinajstić information content (AvgIpc) is 2.27. The van der Waals surface area contributed by atoms with Gasteiger partial charge in [-0.3, -0.25) is 0 Å². The van der Waals surface area contributed by atoms with Gasteiger partial charge < -0.3 is 14.9 Å². The topological polar surface area (TPSA) is 89.0 Å². The van der Waals surface area contributed by atoms with Crippen LogP contribution in [0.25, 0.3) is 0 Å². The number of rotatable bonds is 4. The van der Waals surface area contributed by atoms with E-state index >= 15 is 0 Å². The van der Waals surface area contributed by atoms with Gasteiger partial charge in [-0.05, 0) is 9.91 Å². The third kappa shape index (κ3) is 2.63. The highest BCUT2D eigenvalue weighted by molar-refractivity contribution is 5.47. The van der Waals surface area contributed by atoms with Crippen molar-refractivity contribution in [3.8, 4) is 11.8 Å². The molecule has 0 radical (unpaired) electrons. The van der Waals surface area contributed by atoms with Gasteiger partial charge in [-0.1, -0.05) is 0 Å². The van der Waals surface area contributed by atoms with Crippen LogP contribution < -0.4 is 4.74 Å². The van der Waals surface area contributed by atoms with E-state index in [1.165, 1.54) is 0 Å². The van der Waals surface area contributed by atoms with Crippen LogP contribution >= 0.6 is 0 Å². The van der Waals surface area contributed by atoms with Crippen LogP contribution in [0.2, 0.25) is 0 Å². The zero-order chi connectivity index (χ0) is 13.0. The van der Waals surface area contributed by atoms with Crippen LogP contribution in [0.15, 0.2) is 6.07 Å². The Kier molecular flexibility index (Phi) is 3.87. The predicted molar refractivity (Wildman–Crippen MR) is 51.7 cm³/mol. The molecule has 0 aliphatic rings. The molecular formula is C9H7F2N3O3. The zero-order valence-corrected chi connectivity index (χ0v) is 8.68. The molecule has 0 aromatic carbocycles. The van der Waals surface area contributed by atoms with Crippen LogP contribution in [0.4, 0.5) is 14.6 Å². The van der Waals surface area contributed by atoms with E-state index in [1.807, 2.05) is 0 Å². The zero-order valence-electron chi connectivity index (χ0n) is 8.68. The van der Waals surface area contributed by atoms with E-state index in [4.69, 9.17) is 5.26 Å². The molecule has 0 saturated heterocycles. The molecular weight excluding hydrogens is 236 g/mol. The lowest BCUT2D eigenvalue weighted by Crippen LogP contribution is -2.05. The summed E-state index contributed by atoms with van der Waals surface area (Å²) in [5, 5.41) is 19.1. The van der Waals surface area contributed by atoms with Crippen LogP contribution in [-0.4, -0.2) is 17.0 Å². The van der Waals surface area contributed by atoms with Crippen molar-refractivity contribution in [2.24, 2.45) is 0 Å². The highest BCUT2D eigenvalue weighted by atomic mass is 19.3. The summed E-state index contributed by atoms with van der Waals surface area (Å²) in [5.41, 5.74) is -0.861. The van der Waals surface area contributed by atoms with Crippen LogP contribution in [0.5, 0.6) is 5.75 Å². The fourth-order valence-electron chi connectivity index (χ4n) is 1.25. The number of hydrogen-bond donors (Lipinski definition) is 0. The summed E-state index contributed by atoms with van der Waals surface area (Å²) >= 11 is 0. The second kappa shape index (κ2) is 5.16. The minimum absolute atomic E-state index is 0.0143. The average molecular weight is 243 g/mol. The maximum atomic E-state index is 12.7. The largest absolute Gasteiger partial charge is 0.496 e. The Morgan fingerprint density at radius 3 is 2.76 bits per heavy atom. The van der Waals surface area contributed by atoms with Crippen molar-refractivity contribution in [1.29, 1.82) is 5.26 Å². The molecule has 0 atom stereocenters. The monoisotopic (exact) mass is 243 g/mol. The summed E-state index contributed by atoms with van der Waals surface area (Å²) in [4.78, 5) is 13.0. The minimum Gasteiger partial charge on any atom is -0.496 e. The van der Waals surface area contributed by atoms with E-state index < -0.39 is 22.7 Å². The number of nitro groups is 1. The van der Waals surface area contributed by atoms with Gasteiger partial charge in [0.1, 0.15) is 12.2 Å². The molecule has 17 heavy (non-hydrogen) atoms. The van der Waals surface area contributed by atoms with Crippen molar-refractivity contribution in [3.05, 3.63) is 27.4 Å². The molecule has 1 rings (SSSR count). The van der Waals surface area contributed by atoms with Crippen molar-refractivity contribution in [3.63, 3.8) is 0 Å². The predicted octanol–water partition coefficient (Wildman–Crippen LogP) is 2.00. The Hall–Kier alpha value is -2.30. The first-order valence-corrected chi connectivity index (χ1v) is 4.38. The first-order valence-electron chi connectivity index (χ1n) is 4.38. The first kappa shape index (κ1) is 12.8. The van der Waals surface area contributed by atoms with Crippen LogP contribution in [-0.2, 0) is 6.42 Å². The second-order valence-electron chi connectivity index (χ2n) is 2.95. The molecule has 0 bridgehead atoms. The molecule has 1 aromatic heterocycles. The highest BCUT2D eigenvalue weighted by Crippen LogP contribution is 2.35. The third-order valence-corrected chi connectivity index (χ3v) is 1.92. The van der Waals surface area contributed by atoms with E-state index in [0.29, 0.717) is 0 Å². The van der Waals surface area contributed by atoms with Crippen LogP contribution in [0.1, 0.15) is 17.7 Å². The molecule has 0 N–H and O–H groups in total. The van der Waals surface area contributed by atoms with Gasteiger partial charge in [-0.25, -0.2) is 8.78 Å². The standard InChI is InChI=1S/C9H7F2N3O3/c1-17-6-4-5(2-3-12)13-9(14(15)16)7(6)8(10)11/h4,8H,2H2,1H3. The Labute approximate surface area is 94.6 Å². The maximum absolute atomic E-state index is 12.7. The second-order valence-corrected chi connectivity index (χ2v) is 2.95. The van der Waals surface area contributed by atoms with Gasteiger partial charge in [0.25, 0.3) is 6.43 Å². The molecule has 0 fully saturated rings. The quantitative estimate of drug-likeness (QED) is 0.596. The van der Waals surface area contributed by atoms with E-state index in [2.05, 4.69) is 9.72 Å². The van der Waals surface area contributed by atoms with Gasteiger partial charge in [-0.15, -0.1) is 0 Å². The molecule has 0 aliphatic heterocycles. The van der Waals surface area contributed by atoms with E-state index in [0.717, 1.165) is 13.2 Å². The smallest absolute Gasteiger partial charge is 0.376 e. The molecule has 6 nitrogen and oxygen atoms in total. The number of halogens is 2. The van der Waals surface area contributed by atoms with Crippen molar-refractivity contribution in [2.45, 2.75) is 12.8 Å². The minimum atomic E-state index is -3.08. The first-order chi connectivity index (χ1) is 8.01. The van der Waals surface area contributed by atoms with Crippen molar-refractivity contribution in [2.75, 3.05) is 7.11 Å². The van der Waals surface area contributed by atoms with Gasteiger partial charge >= 0.3 is 5.82 Å². The Bertz CT molecular complexity index is 485. The third-order valence-electron chi connectivity index (χ3n) is 1.92. The van der Waals surface area contributed by atoms with Crippen LogP contribution in [0.3, 0.4) is 0 Å². The molecule has 0 saturated carbocycles. The number of pyridine rings is 1. The maximum Gasteiger partial charge on any atom is 0.376 e.